The minimum atomic E-state index is 0.0848. The molecule has 3 heteroatoms. The topological polar surface area (TPSA) is 29.1 Å². The smallest absolute Gasteiger partial charge is 0.220 e. The molecule has 0 radical (unpaired) electrons. The van der Waals surface area contributed by atoms with E-state index in [2.05, 4.69) is 11.9 Å². The summed E-state index contributed by atoms with van der Waals surface area (Å²) in [6.07, 6.45) is 4.77. The Morgan fingerprint density at radius 2 is 2.22 bits per heavy atom. The lowest BCUT2D eigenvalue weighted by molar-refractivity contribution is -0.121. The fourth-order valence-corrected chi connectivity index (χ4v) is 1.96. The zero-order chi connectivity index (χ0) is 13.4. The molecular formula is C15H20ClNO. The number of carbonyl (C=O) groups is 1. The molecule has 0 saturated heterocycles. The van der Waals surface area contributed by atoms with Crippen LogP contribution in [0.3, 0.4) is 0 Å². The van der Waals surface area contributed by atoms with Crippen LogP contribution >= 0.6 is 11.6 Å². The van der Waals surface area contributed by atoms with Crippen LogP contribution in [0.15, 0.2) is 36.9 Å². The molecule has 0 aromatic heterocycles. The van der Waals surface area contributed by atoms with Crippen molar-refractivity contribution < 1.29 is 4.79 Å². The molecule has 1 N–H and O–H groups in total. The summed E-state index contributed by atoms with van der Waals surface area (Å²) >= 11 is 6.08. The molecule has 1 amide bonds. The zero-order valence-electron chi connectivity index (χ0n) is 10.8. The van der Waals surface area contributed by atoms with Gasteiger partial charge in [-0.25, -0.2) is 0 Å². The fraction of sp³-hybridized carbons (Fsp3) is 0.400. The Kier molecular flexibility index (Phi) is 6.51. The molecule has 0 saturated carbocycles. The lowest BCUT2D eigenvalue weighted by Gasteiger charge is -2.14. The van der Waals surface area contributed by atoms with E-state index in [9.17, 15) is 4.79 Å². The Morgan fingerprint density at radius 1 is 1.50 bits per heavy atom. The predicted molar refractivity (Wildman–Crippen MR) is 76.8 cm³/mol. The van der Waals surface area contributed by atoms with Crippen LogP contribution in [0.1, 0.15) is 31.7 Å². The van der Waals surface area contributed by atoms with Crippen molar-refractivity contribution in [2.75, 3.05) is 0 Å². The van der Waals surface area contributed by atoms with Gasteiger partial charge in [-0.2, -0.15) is 0 Å². The minimum Gasteiger partial charge on any atom is -0.354 e. The molecule has 2 nitrogen and oxygen atoms in total. The first kappa shape index (κ1) is 14.8. The van der Waals surface area contributed by atoms with Gasteiger partial charge in [0.1, 0.15) is 0 Å². The number of halogens is 1. The van der Waals surface area contributed by atoms with Crippen LogP contribution < -0.4 is 5.32 Å². The summed E-state index contributed by atoms with van der Waals surface area (Å²) in [5.74, 6) is 0.0848. The van der Waals surface area contributed by atoms with Crippen LogP contribution in [0, 0.1) is 0 Å². The molecule has 98 valence electrons. The summed E-state index contributed by atoms with van der Waals surface area (Å²) in [6.45, 7) is 5.62. The van der Waals surface area contributed by atoms with Crippen LogP contribution in [-0.2, 0) is 11.2 Å². The summed E-state index contributed by atoms with van der Waals surface area (Å²) < 4.78 is 0. The van der Waals surface area contributed by atoms with E-state index in [0.29, 0.717) is 6.42 Å². The van der Waals surface area contributed by atoms with Crippen molar-refractivity contribution in [2.45, 2.75) is 38.6 Å². The standard InChI is InChI=1S/C15H20ClNO/c1-3-4-9-15(18)17-12(2)10-11-13-7-5-6-8-14(13)16/h3,5-8,12H,1,4,9-11H2,2H3,(H,17,18)/t12-/m0/s1. The van der Waals surface area contributed by atoms with E-state index < -0.39 is 0 Å². The summed E-state index contributed by atoms with van der Waals surface area (Å²) in [6, 6.07) is 7.98. The van der Waals surface area contributed by atoms with Gasteiger partial charge in [0.2, 0.25) is 5.91 Å². The quantitative estimate of drug-likeness (QED) is 0.748. The van der Waals surface area contributed by atoms with E-state index in [1.807, 2.05) is 31.2 Å². The molecule has 0 aliphatic rings. The third-order valence-corrected chi connectivity index (χ3v) is 3.16. The fourth-order valence-electron chi connectivity index (χ4n) is 1.73. The first-order valence-corrected chi connectivity index (χ1v) is 6.65. The van der Waals surface area contributed by atoms with Crippen molar-refractivity contribution in [3.63, 3.8) is 0 Å². The van der Waals surface area contributed by atoms with Gasteiger partial charge in [-0.3, -0.25) is 4.79 Å². The Balaban J connectivity index is 2.33. The Morgan fingerprint density at radius 3 is 2.89 bits per heavy atom. The molecule has 1 rings (SSSR count). The van der Waals surface area contributed by atoms with E-state index >= 15 is 0 Å². The Hall–Kier alpha value is -1.28. The van der Waals surface area contributed by atoms with E-state index in [-0.39, 0.29) is 11.9 Å². The number of rotatable bonds is 7. The molecule has 1 aromatic rings. The second-order valence-electron chi connectivity index (χ2n) is 4.43. The highest BCUT2D eigenvalue weighted by Gasteiger charge is 2.07. The van der Waals surface area contributed by atoms with E-state index in [0.717, 1.165) is 29.8 Å². The second kappa shape index (κ2) is 7.93. The summed E-state index contributed by atoms with van der Waals surface area (Å²) in [7, 11) is 0. The monoisotopic (exact) mass is 265 g/mol. The normalized spacial score (nSPS) is 11.9. The molecule has 0 heterocycles. The predicted octanol–water partition coefficient (Wildman–Crippen LogP) is 3.74. The maximum Gasteiger partial charge on any atom is 0.220 e. The largest absolute Gasteiger partial charge is 0.354 e. The zero-order valence-corrected chi connectivity index (χ0v) is 11.5. The van der Waals surface area contributed by atoms with Crippen LogP contribution in [-0.4, -0.2) is 11.9 Å². The van der Waals surface area contributed by atoms with Crippen molar-refractivity contribution in [3.05, 3.63) is 47.5 Å². The van der Waals surface area contributed by atoms with Crippen LogP contribution in [0.25, 0.3) is 0 Å². The van der Waals surface area contributed by atoms with Gasteiger partial charge >= 0.3 is 0 Å². The summed E-state index contributed by atoms with van der Waals surface area (Å²) in [5.41, 5.74) is 1.13. The lowest BCUT2D eigenvalue weighted by atomic mass is 10.1. The number of hydrogen-bond acceptors (Lipinski definition) is 1. The average molecular weight is 266 g/mol. The number of allylic oxidation sites excluding steroid dienone is 1. The van der Waals surface area contributed by atoms with Crippen molar-refractivity contribution >= 4 is 17.5 Å². The highest BCUT2D eigenvalue weighted by Crippen LogP contribution is 2.17. The van der Waals surface area contributed by atoms with Crippen molar-refractivity contribution in [3.8, 4) is 0 Å². The molecule has 0 fully saturated rings. The van der Waals surface area contributed by atoms with Gasteiger partial charge in [0.15, 0.2) is 0 Å². The molecule has 0 bridgehead atoms. The van der Waals surface area contributed by atoms with Gasteiger partial charge in [-0.05, 0) is 37.8 Å². The van der Waals surface area contributed by atoms with Gasteiger partial charge in [0.05, 0.1) is 0 Å². The van der Waals surface area contributed by atoms with E-state index in [4.69, 9.17) is 11.6 Å². The molecular weight excluding hydrogens is 246 g/mol. The molecule has 0 unspecified atom stereocenters. The summed E-state index contributed by atoms with van der Waals surface area (Å²) in [4.78, 5) is 11.5. The number of hydrogen-bond donors (Lipinski definition) is 1. The van der Waals surface area contributed by atoms with E-state index in [1.165, 1.54) is 0 Å². The first-order chi connectivity index (χ1) is 8.63. The van der Waals surface area contributed by atoms with Crippen LogP contribution in [0.5, 0.6) is 0 Å². The molecule has 0 aliphatic carbocycles. The third-order valence-electron chi connectivity index (χ3n) is 2.79. The Labute approximate surface area is 114 Å². The highest BCUT2D eigenvalue weighted by atomic mass is 35.5. The lowest BCUT2D eigenvalue weighted by Crippen LogP contribution is -2.32. The van der Waals surface area contributed by atoms with Gasteiger partial charge in [-0.15, -0.1) is 6.58 Å². The average Bonchev–Trinajstić information content (AvgIpc) is 2.35. The van der Waals surface area contributed by atoms with Crippen molar-refractivity contribution in [1.82, 2.24) is 5.32 Å². The maximum atomic E-state index is 11.5. The van der Waals surface area contributed by atoms with Crippen molar-refractivity contribution in [2.24, 2.45) is 0 Å². The molecule has 1 atom stereocenters. The number of nitrogens with one attached hydrogen (secondary N) is 1. The molecule has 18 heavy (non-hydrogen) atoms. The number of benzene rings is 1. The van der Waals surface area contributed by atoms with Gasteiger partial charge in [0, 0.05) is 17.5 Å². The number of carbonyl (C=O) groups excluding carboxylic acids is 1. The van der Waals surface area contributed by atoms with Gasteiger partial charge in [0.25, 0.3) is 0 Å². The number of amides is 1. The molecule has 0 aliphatic heterocycles. The Bertz CT molecular complexity index is 403. The second-order valence-corrected chi connectivity index (χ2v) is 4.83. The van der Waals surface area contributed by atoms with Crippen molar-refractivity contribution in [1.29, 1.82) is 0 Å². The summed E-state index contributed by atoms with van der Waals surface area (Å²) in [5, 5.41) is 3.77. The van der Waals surface area contributed by atoms with Gasteiger partial charge in [-0.1, -0.05) is 35.9 Å². The highest BCUT2D eigenvalue weighted by molar-refractivity contribution is 6.31. The molecule has 0 spiro atoms. The van der Waals surface area contributed by atoms with Gasteiger partial charge < -0.3 is 5.32 Å². The SMILES string of the molecule is C=CCCC(=O)N[C@@H](C)CCc1ccccc1Cl. The third kappa shape index (κ3) is 5.37. The van der Waals surface area contributed by atoms with Crippen LogP contribution in [0.4, 0.5) is 0 Å². The van der Waals surface area contributed by atoms with Crippen LogP contribution in [0.2, 0.25) is 5.02 Å². The minimum absolute atomic E-state index is 0.0848. The molecule has 1 aromatic carbocycles. The number of aryl methyl sites for hydroxylation is 1. The first-order valence-electron chi connectivity index (χ1n) is 6.27. The maximum absolute atomic E-state index is 11.5. The van der Waals surface area contributed by atoms with E-state index in [1.54, 1.807) is 6.08 Å².